The summed E-state index contributed by atoms with van der Waals surface area (Å²) in [5.41, 5.74) is 8.82. The molecule has 0 fully saturated rings. The van der Waals surface area contributed by atoms with Crippen LogP contribution in [-0.4, -0.2) is 66.6 Å². The molecule has 4 aromatic carbocycles. The van der Waals surface area contributed by atoms with Gasteiger partial charge in [-0.2, -0.15) is 0 Å². The smallest absolute Gasteiger partial charge is 0.258 e. The number of para-hydroxylation sites is 2. The van der Waals surface area contributed by atoms with Gasteiger partial charge in [-0.1, -0.05) is 73.7 Å². The minimum atomic E-state index is -0.846. The van der Waals surface area contributed by atoms with Gasteiger partial charge < -0.3 is 35.4 Å². The number of aliphatic hydroxyl groups is 1. The number of nitrogens with one attached hydrogen (secondary N) is 1. The molecule has 0 aromatic heterocycles. The zero-order chi connectivity index (χ0) is 33.1. The van der Waals surface area contributed by atoms with E-state index in [1.807, 2.05) is 67.6 Å². The maximum Gasteiger partial charge on any atom is 0.258 e. The van der Waals surface area contributed by atoms with E-state index in [2.05, 4.69) is 36.4 Å². The molecule has 9 nitrogen and oxygen atoms in total. The van der Waals surface area contributed by atoms with E-state index in [-0.39, 0.29) is 24.5 Å². The fourth-order valence-electron chi connectivity index (χ4n) is 4.96. The van der Waals surface area contributed by atoms with Crippen LogP contribution in [0.15, 0.2) is 103 Å². The number of nitrogens with two attached hydrogens (primary N) is 1. The number of ether oxygens (including phenoxy) is 2. The SMILES string of the molecule is CN(C)Cc1ccc(Oc2ccccc2)cc1.C[C@H]1COc2c(NC(=O)C(N)c3ccccc3)cccc2C(=O)N([C@@H](C)CO)C1. The lowest BCUT2D eigenvalue weighted by molar-refractivity contribution is -0.117. The third-order valence-corrected chi connectivity index (χ3v) is 7.42. The molecule has 0 spiro atoms. The van der Waals surface area contributed by atoms with Crippen molar-refractivity contribution in [1.82, 2.24) is 9.80 Å². The molecule has 0 saturated heterocycles. The number of hydrogen-bond acceptors (Lipinski definition) is 7. The number of rotatable bonds is 9. The fourth-order valence-corrected chi connectivity index (χ4v) is 4.96. The standard InChI is InChI=1S/C22H27N3O4.C15H17NO/c1-14-11-25(15(2)12-26)22(28)17-9-6-10-18(20(17)29-13-14)24-21(27)19(23)16-7-4-3-5-8-16;1-16(2)12-13-8-10-15(11-9-13)17-14-6-4-3-5-7-14/h3-10,14-15,19,26H,11-13,23H2,1-2H3,(H,24,27);3-11H,12H2,1-2H3/t14-,15+,19?;/m1./s1. The van der Waals surface area contributed by atoms with E-state index < -0.39 is 11.9 Å². The van der Waals surface area contributed by atoms with Crippen molar-refractivity contribution < 1.29 is 24.2 Å². The van der Waals surface area contributed by atoms with E-state index in [1.54, 1.807) is 42.2 Å². The van der Waals surface area contributed by atoms with Crippen LogP contribution in [0.25, 0.3) is 0 Å². The number of nitrogens with zero attached hydrogens (tertiary/aromatic N) is 2. The summed E-state index contributed by atoms with van der Waals surface area (Å²) >= 11 is 0. The lowest BCUT2D eigenvalue weighted by atomic mass is 10.0. The molecule has 242 valence electrons. The van der Waals surface area contributed by atoms with Crippen molar-refractivity contribution in [1.29, 1.82) is 0 Å². The highest BCUT2D eigenvalue weighted by Crippen LogP contribution is 2.33. The average Bonchev–Trinajstić information content (AvgIpc) is 3.06. The van der Waals surface area contributed by atoms with Crippen LogP contribution in [0.5, 0.6) is 17.2 Å². The molecule has 1 unspecified atom stereocenters. The molecule has 9 heteroatoms. The van der Waals surface area contributed by atoms with Gasteiger partial charge in [0.05, 0.1) is 30.5 Å². The quantitative estimate of drug-likeness (QED) is 0.218. The van der Waals surface area contributed by atoms with Gasteiger partial charge in [-0.05, 0) is 68.5 Å². The Hall–Kier alpha value is -4.70. The maximum absolute atomic E-state index is 13.1. The van der Waals surface area contributed by atoms with Gasteiger partial charge in [0.25, 0.3) is 5.91 Å². The molecule has 1 heterocycles. The number of hydrogen-bond donors (Lipinski definition) is 3. The molecule has 0 radical (unpaired) electrons. The number of carbonyl (C=O) groups is 2. The van der Waals surface area contributed by atoms with Crippen molar-refractivity contribution in [3.63, 3.8) is 0 Å². The van der Waals surface area contributed by atoms with Crippen LogP contribution in [0.1, 0.15) is 41.4 Å². The van der Waals surface area contributed by atoms with Crippen molar-refractivity contribution in [3.8, 4) is 17.2 Å². The van der Waals surface area contributed by atoms with Crippen molar-refractivity contribution >= 4 is 17.5 Å². The summed E-state index contributed by atoms with van der Waals surface area (Å²) < 4.78 is 11.6. The minimum absolute atomic E-state index is 0.0661. The van der Waals surface area contributed by atoms with Crippen LogP contribution < -0.4 is 20.5 Å². The predicted octanol–water partition coefficient (Wildman–Crippen LogP) is 5.72. The second kappa shape index (κ2) is 16.6. The van der Waals surface area contributed by atoms with E-state index in [9.17, 15) is 14.7 Å². The van der Waals surface area contributed by atoms with E-state index in [1.165, 1.54) is 5.56 Å². The first-order valence-electron chi connectivity index (χ1n) is 15.4. The highest BCUT2D eigenvalue weighted by Gasteiger charge is 2.30. The first-order valence-corrected chi connectivity index (χ1v) is 15.4. The second-order valence-electron chi connectivity index (χ2n) is 11.8. The highest BCUT2D eigenvalue weighted by molar-refractivity contribution is 6.02. The van der Waals surface area contributed by atoms with Gasteiger partial charge >= 0.3 is 0 Å². The Morgan fingerprint density at radius 3 is 2.24 bits per heavy atom. The zero-order valence-electron chi connectivity index (χ0n) is 26.9. The molecule has 4 aromatic rings. The van der Waals surface area contributed by atoms with E-state index >= 15 is 0 Å². The summed E-state index contributed by atoms with van der Waals surface area (Å²) in [7, 11) is 4.13. The third kappa shape index (κ3) is 9.40. The molecular weight excluding hydrogens is 580 g/mol. The lowest BCUT2D eigenvalue weighted by Crippen LogP contribution is -2.45. The highest BCUT2D eigenvalue weighted by atomic mass is 16.5. The van der Waals surface area contributed by atoms with Crippen LogP contribution in [0, 0.1) is 5.92 Å². The summed E-state index contributed by atoms with van der Waals surface area (Å²) in [5.74, 6) is 1.50. The summed E-state index contributed by atoms with van der Waals surface area (Å²) in [5, 5.41) is 12.3. The molecule has 4 N–H and O–H groups in total. The van der Waals surface area contributed by atoms with E-state index in [4.69, 9.17) is 15.2 Å². The fraction of sp³-hybridized carbons (Fsp3) is 0.297. The predicted molar refractivity (Wildman–Crippen MR) is 181 cm³/mol. The van der Waals surface area contributed by atoms with Crippen molar-refractivity contribution in [2.75, 3.05) is 39.2 Å². The number of carbonyl (C=O) groups excluding carboxylic acids is 2. The molecule has 5 rings (SSSR count). The number of amides is 2. The normalized spacial score (nSPS) is 15.7. The largest absolute Gasteiger partial charge is 0.490 e. The molecule has 3 atom stereocenters. The van der Waals surface area contributed by atoms with E-state index in [0.29, 0.717) is 35.7 Å². The van der Waals surface area contributed by atoms with Crippen molar-refractivity contribution in [2.45, 2.75) is 32.5 Å². The molecule has 0 aliphatic carbocycles. The van der Waals surface area contributed by atoms with Crippen LogP contribution >= 0.6 is 0 Å². The van der Waals surface area contributed by atoms with E-state index in [0.717, 1.165) is 18.0 Å². The number of fused-ring (bicyclic) bond motifs is 1. The topological polar surface area (TPSA) is 117 Å². The van der Waals surface area contributed by atoms with Crippen molar-refractivity contribution in [2.24, 2.45) is 11.7 Å². The summed E-state index contributed by atoms with van der Waals surface area (Å²) in [4.78, 5) is 29.6. The first-order chi connectivity index (χ1) is 22.2. The number of aliphatic hydroxyl groups excluding tert-OH is 1. The maximum atomic E-state index is 13.1. The van der Waals surface area contributed by atoms with Crippen LogP contribution in [0.2, 0.25) is 0 Å². The Labute approximate surface area is 271 Å². The van der Waals surface area contributed by atoms with Crippen LogP contribution in [-0.2, 0) is 11.3 Å². The Balaban J connectivity index is 0.000000240. The molecule has 2 amide bonds. The summed E-state index contributed by atoms with van der Waals surface area (Å²) in [6, 6.07) is 31.0. The molecule has 0 saturated carbocycles. The third-order valence-electron chi connectivity index (χ3n) is 7.42. The Kier molecular flexibility index (Phi) is 12.3. The number of anilines is 1. The summed E-state index contributed by atoms with van der Waals surface area (Å²) in [6.07, 6.45) is 0. The molecule has 46 heavy (non-hydrogen) atoms. The van der Waals surface area contributed by atoms with Crippen molar-refractivity contribution in [3.05, 3.63) is 120 Å². The van der Waals surface area contributed by atoms with Gasteiger partial charge in [-0.3, -0.25) is 9.59 Å². The summed E-state index contributed by atoms with van der Waals surface area (Å²) in [6.45, 7) is 5.46. The van der Waals surface area contributed by atoms with Gasteiger partial charge in [0, 0.05) is 19.0 Å². The lowest BCUT2D eigenvalue weighted by Gasteiger charge is -2.33. The minimum Gasteiger partial charge on any atom is -0.490 e. The van der Waals surface area contributed by atoms with Crippen LogP contribution in [0.4, 0.5) is 5.69 Å². The van der Waals surface area contributed by atoms with Gasteiger partial charge in [0.2, 0.25) is 5.91 Å². The second-order valence-corrected chi connectivity index (χ2v) is 11.8. The Bertz CT molecular complexity index is 1550. The first kappa shape index (κ1) is 34.2. The zero-order valence-corrected chi connectivity index (χ0v) is 26.9. The van der Waals surface area contributed by atoms with Gasteiger partial charge in [0.1, 0.15) is 17.5 Å². The Morgan fingerprint density at radius 2 is 1.61 bits per heavy atom. The average molecular weight is 625 g/mol. The molecular formula is C37H44N4O5. The Morgan fingerprint density at radius 1 is 0.978 bits per heavy atom. The number of benzene rings is 4. The molecule has 0 bridgehead atoms. The monoisotopic (exact) mass is 624 g/mol. The van der Waals surface area contributed by atoms with Crippen LogP contribution in [0.3, 0.4) is 0 Å². The molecule has 1 aliphatic rings. The van der Waals surface area contributed by atoms with Gasteiger partial charge in [0.15, 0.2) is 5.75 Å². The van der Waals surface area contributed by atoms with Gasteiger partial charge in [-0.15, -0.1) is 0 Å². The van der Waals surface area contributed by atoms with Gasteiger partial charge in [-0.25, -0.2) is 0 Å². The molecule has 1 aliphatic heterocycles.